The van der Waals surface area contributed by atoms with Gasteiger partial charge in [-0.2, -0.15) is 0 Å². The highest BCUT2D eigenvalue weighted by Crippen LogP contribution is 2.21. The van der Waals surface area contributed by atoms with Gasteiger partial charge in [-0.15, -0.1) is 0 Å². The molecule has 0 heterocycles. The van der Waals surface area contributed by atoms with Gasteiger partial charge < -0.3 is 15.3 Å². The van der Waals surface area contributed by atoms with Gasteiger partial charge in [0.15, 0.2) is 0 Å². The van der Waals surface area contributed by atoms with Gasteiger partial charge in [-0.1, -0.05) is 26.7 Å². The van der Waals surface area contributed by atoms with Crippen molar-refractivity contribution in [2.75, 3.05) is 26.7 Å². The fraction of sp³-hybridized carbons (Fsp3) is 1.00. The van der Waals surface area contributed by atoms with Gasteiger partial charge in [0, 0.05) is 25.7 Å². The Kier molecular flexibility index (Phi) is 6.45. The molecule has 0 saturated heterocycles. The molecule has 0 bridgehead atoms. The van der Waals surface area contributed by atoms with Crippen molar-refractivity contribution in [2.24, 2.45) is 0 Å². The average molecular weight is 242 g/mol. The third-order valence-corrected chi connectivity index (χ3v) is 4.36. The van der Waals surface area contributed by atoms with Gasteiger partial charge >= 0.3 is 0 Å². The summed E-state index contributed by atoms with van der Waals surface area (Å²) in [5.41, 5.74) is -0.508. The van der Waals surface area contributed by atoms with Crippen LogP contribution in [0.25, 0.3) is 0 Å². The summed E-state index contributed by atoms with van der Waals surface area (Å²) in [4.78, 5) is 2.47. The van der Waals surface area contributed by atoms with Crippen LogP contribution in [-0.4, -0.2) is 48.3 Å². The third-order valence-electron chi connectivity index (χ3n) is 4.36. The van der Waals surface area contributed by atoms with Crippen molar-refractivity contribution in [1.29, 1.82) is 0 Å². The van der Waals surface area contributed by atoms with Gasteiger partial charge in [0.1, 0.15) is 0 Å². The lowest BCUT2D eigenvalue weighted by atomic mass is 9.98. The van der Waals surface area contributed by atoms with E-state index >= 15 is 0 Å². The fourth-order valence-electron chi connectivity index (χ4n) is 2.60. The summed E-state index contributed by atoms with van der Waals surface area (Å²) in [5.74, 6) is 0. The SMILES string of the molecule is CCC(O)(CC)CNCCN(C)C1CCCC1. The van der Waals surface area contributed by atoms with E-state index in [1.807, 2.05) is 0 Å². The van der Waals surface area contributed by atoms with E-state index in [-0.39, 0.29) is 0 Å². The molecule has 102 valence electrons. The van der Waals surface area contributed by atoms with E-state index in [1.165, 1.54) is 25.7 Å². The first-order chi connectivity index (χ1) is 8.11. The molecular formula is C14H30N2O. The minimum absolute atomic E-state index is 0.508. The highest BCUT2D eigenvalue weighted by atomic mass is 16.3. The summed E-state index contributed by atoms with van der Waals surface area (Å²) in [6.45, 7) is 6.90. The van der Waals surface area contributed by atoms with Crippen molar-refractivity contribution in [2.45, 2.75) is 64.0 Å². The Morgan fingerprint density at radius 3 is 2.35 bits per heavy atom. The normalized spacial score (nSPS) is 18.2. The highest BCUT2D eigenvalue weighted by molar-refractivity contribution is 4.79. The maximum atomic E-state index is 10.1. The van der Waals surface area contributed by atoms with Crippen molar-refractivity contribution in [1.82, 2.24) is 10.2 Å². The molecule has 1 saturated carbocycles. The van der Waals surface area contributed by atoms with Gasteiger partial charge in [-0.05, 0) is 32.7 Å². The van der Waals surface area contributed by atoms with Crippen LogP contribution in [0.4, 0.5) is 0 Å². The van der Waals surface area contributed by atoms with Gasteiger partial charge in [0.2, 0.25) is 0 Å². The fourth-order valence-corrected chi connectivity index (χ4v) is 2.60. The van der Waals surface area contributed by atoms with Crippen LogP contribution in [-0.2, 0) is 0 Å². The van der Waals surface area contributed by atoms with Gasteiger partial charge in [0.25, 0.3) is 0 Å². The smallest absolute Gasteiger partial charge is 0.0766 e. The second kappa shape index (κ2) is 7.34. The first kappa shape index (κ1) is 14.9. The molecule has 2 N–H and O–H groups in total. The number of aliphatic hydroxyl groups is 1. The lowest BCUT2D eigenvalue weighted by Crippen LogP contribution is -2.43. The minimum atomic E-state index is -0.508. The highest BCUT2D eigenvalue weighted by Gasteiger charge is 2.22. The second-order valence-corrected chi connectivity index (χ2v) is 5.53. The first-order valence-corrected chi connectivity index (χ1v) is 7.24. The molecule has 0 amide bonds. The van der Waals surface area contributed by atoms with Crippen LogP contribution in [0.3, 0.4) is 0 Å². The predicted octanol–water partition coefficient (Wildman–Crippen LogP) is 2.00. The van der Waals surface area contributed by atoms with Crippen molar-refractivity contribution < 1.29 is 5.11 Å². The Balaban J connectivity index is 2.10. The van der Waals surface area contributed by atoms with Crippen molar-refractivity contribution in [3.8, 4) is 0 Å². The first-order valence-electron chi connectivity index (χ1n) is 7.24. The van der Waals surface area contributed by atoms with E-state index in [0.29, 0.717) is 0 Å². The molecule has 0 aromatic heterocycles. The molecule has 1 rings (SSSR count). The molecule has 0 atom stereocenters. The van der Waals surface area contributed by atoms with E-state index in [4.69, 9.17) is 0 Å². The topological polar surface area (TPSA) is 35.5 Å². The number of hydrogen-bond donors (Lipinski definition) is 2. The predicted molar refractivity (Wildman–Crippen MR) is 73.3 cm³/mol. The lowest BCUT2D eigenvalue weighted by Gasteiger charge is -2.27. The molecule has 3 heteroatoms. The van der Waals surface area contributed by atoms with E-state index in [2.05, 4.69) is 31.1 Å². The van der Waals surface area contributed by atoms with E-state index in [0.717, 1.165) is 38.5 Å². The van der Waals surface area contributed by atoms with Crippen molar-refractivity contribution in [3.63, 3.8) is 0 Å². The molecular weight excluding hydrogens is 212 g/mol. The molecule has 3 nitrogen and oxygen atoms in total. The maximum absolute atomic E-state index is 10.1. The van der Waals surface area contributed by atoms with Crippen LogP contribution in [0.15, 0.2) is 0 Å². The Hall–Kier alpha value is -0.120. The standard InChI is InChI=1S/C14H30N2O/c1-4-14(17,5-2)12-15-10-11-16(3)13-8-6-7-9-13/h13,15,17H,4-12H2,1-3H3. The molecule has 0 spiro atoms. The Morgan fingerprint density at radius 1 is 1.24 bits per heavy atom. The number of rotatable bonds is 8. The Bertz CT molecular complexity index is 198. The van der Waals surface area contributed by atoms with Crippen LogP contribution in [0.5, 0.6) is 0 Å². The maximum Gasteiger partial charge on any atom is 0.0766 e. The molecule has 0 aliphatic heterocycles. The lowest BCUT2D eigenvalue weighted by molar-refractivity contribution is 0.0321. The van der Waals surface area contributed by atoms with Gasteiger partial charge in [-0.25, -0.2) is 0 Å². The summed E-state index contributed by atoms with van der Waals surface area (Å²) in [6.07, 6.45) is 7.18. The molecule has 1 aliphatic carbocycles. The zero-order chi connectivity index (χ0) is 12.7. The molecule has 1 fully saturated rings. The van der Waals surface area contributed by atoms with Crippen LogP contribution < -0.4 is 5.32 Å². The Labute approximate surface area is 107 Å². The third kappa shape index (κ3) is 4.94. The number of hydrogen-bond acceptors (Lipinski definition) is 3. The zero-order valence-electron chi connectivity index (χ0n) is 11.8. The average Bonchev–Trinajstić information content (AvgIpc) is 2.88. The zero-order valence-corrected chi connectivity index (χ0v) is 11.8. The second-order valence-electron chi connectivity index (χ2n) is 5.53. The van der Waals surface area contributed by atoms with Crippen LogP contribution in [0.2, 0.25) is 0 Å². The molecule has 0 aromatic carbocycles. The van der Waals surface area contributed by atoms with E-state index in [1.54, 1.807) is 0 Å². The molecule has 1 aliphatic rings. The number of nitrogens with one attached hydrogen (secondary N) is 1. The molecule has 0 unspecified atom stereocenters. The van der Waals surface area contributed by atoms with Crippen LogP contribution >= 0.6 is 0 Å². The van der Waals surface area contributed by atoms with Crippen LogP contribution in [0, 0.1) is 0 Å². The van der Waals surface area contributed by atoms with Gasteiger partial charge in [-0.3, -0.25) is 0 Å². The summed E-state index contributed by atoms with van der Waals surface area (Å²) in [6, 6.07) is 0.799. The van der Waals surface area contributed by atoms with Crippen molar-refractivity contribution in [3.05, 3.63) is 0 Å². The quantitative estimate of drug-likeness (QED) is 0.639. The summed E-state index contributed by atoms with van der Waals surface area (Å²) >= 11 is 0. The molecule has 0 aromatic rings. The summed E-state index contributed by atoms with van der Waals surface area (Å²) in [5, 5.41) is 13.5. The van der Waals surface area contributed by atoms with Gasteiger partial charge in [0.05, 0.1) is 5.60 Å². The largest absolute Gasteiger partial charge is 0.389 e. The summed E-state index contributed by atoms with van der Waals surface area (Å²) < 4.78 is 0. The van der Waals surface area contributed by atoms with E-state index in [9.17, 15) is 5.11 Å². The van der Waals surface area contributed by atoms with E-state index < -0.39 is 5.60 Å². The monoisotopic (exact) mass is 242 g/mol. The Morgan fingerprint density at radius 2 is 1.82 bits per heavy atom. The van der Waals surface area contributed by atoms with Crippen molar-refractivity contribution >= 4 is 0 Å². The summed E-state index contributed by atoms with van der Waals surface area (Å²) in [7, 11) is 2.23. The van der Waals surface area contributed by atoms with Crippen LogP contribution in [0.1, 0.15) is 52.4 Å². The molecule has 17 heavy (non-hydrogen) atoms. The minimum Gasteiger partial charge on any atom is -0.389 e. The molecule has 0 radical (unpaired) electrons. The number of nitrogens with zero attached hydrogens (tertiary/aromatic N) is 1. The number of likely N-dealkylation sites (N-methyl/N-ethyl adjacent to an activating group) is 1.